The number of nitrogens with zero attached hydrogens (tertiary/aromatic N) is 2. The maximum absolute atomic E-state index is 15.5. The summed E-state index contributed by atoms with van der Waals surface area (Å²) >= 11 is 0.921. The van der Waals surface area contributed by atoms with Gasteiger partial charge in [-0.2, -0.15) is 0 Å². The Labute approximate surface area is 695 Å². The zero-order valence-electron chi connectivity index (χ0n) is 64.8. The Kier molecular flexibility index (Phi) is 32.0. The first kappa shape index (κ1) is 88.7. The van der Waals surface area contributed by atoms with Gasteiger partial charge in [-0.15, -0.1) is 11.8 Å². The van der Waals surface area contributed by atoms with Crippen molar-refractivity contribution in [3.8, 4) is 11.5 Å². The van der Waals surface area contributed by atoms with E-state index in [1.165, 1.54) is 60.7 Å². The van der Waals surface area contributed by atoms with E-state index in [-0.39, 0.29) is 86.9 Å². The van der Waals surface area contributed by atoms with Crippen LogP contribution in [0.5, 0.6) is 11.5 Å². The number of primary amides is 2. The predicted octanol–water partition coefficient (Wildman–Crippen LogP) is -0.630. The van der Waals surface area contributed by atoms with E-state index in [0.29, 0.717) is 49.8 Å². The molecule has 38 heteroatoms. The van der Waals surface area contributed by atoms with Gasteiger partial charge in [-0.1, -0.05) is 137 Å². The molecule has 2 bridgehead atoms. The molecular formula is C81H96N20O15S3. The van der Waals surface area contributed by atoms with E-state index in [4.69, 9.17) is 28.3 Å². The second-order valence-electron chi connectivity index (χ2n) is 28.9. The molecule has 8 aromatic rings. The number of hydrogen-bond donors (Lipinski definition) is 20. The Bertz CT molecular complexity index is 4950. The first-order valence-electron chi connectivity index (χ1n) is 38.3. The molecule has 2 aromatic heterocycles. The van der Waals surface area contributed by atoms with E-state index >= 15 is 33.6 Å². The minimum atomic E-state index is -1.85. The van der Waals surface area contributed by atoms with E-state index in [1.54, 1.807) is 91.1 Å². The van der Waals surface area contributed by atoms with Crippen LogP contribution in [0.1, 0.15) is 59.7 Å². The van der Waals surface area contributed by atoms with Gasteiger partial charge in [0.05, 0.1) is 24.5 Å². The molecule has 24 N–H and O–H groups in total. The Morgan fingerprint density at radius 1 is 0.588 bits per heavy atom. The summed E-state index contributed by atoms with van der Waals surface area (Å²) in [6, 6.07) is 21.4. The number of guanidine groups is 1. The van der Waals surface area contributed by atoms with Crippen LogP contribution in [0.2, 0.25) is 0 Å². The van der Waals surface area contributed by atoms with Gasteiger partial charge in [-0.25, -0.2) is 4.98 Å². The number of rotatable bonds is 23. The Balaban J connectivity index is 1.06. The molecule has 13 amide bonds. The molecular weight excluding hydrogens is 1590 g/mol. The Hall–Kier alpha value is -12.7. The number of amides is 13. The molecule has 12 atom stereocenters. The molecule has 119 heavy (non-hydrogen) atoms. The third kappa shape index (κ3) is 26.2. The van der Waals surface area contributed by atoms with Crippen LogP contribution in [-0.2, 0) is 101 Å². The lowest BCUT2D eigenvalue weighted by atomic mass is 9.97. The number of carbonyl (C=O) groups excluding carboxylic acids is 13. The molecule has 6 aromatic carbocycles. The number of phenolic OH excluding ortho intramolecular Hbond substituents is 2. The van der Waals surface area contributed by atoms with Gasteiger partial charge in [-0.3, -0.25) is 67.7 Å². The lowest BCUT2D eigenvalue weighted by Gasteiger charge is -2.36. The van der Waals surface area contributed by atoms with Gasteiger partial charge >= 0.3 is 0 Å². The quantitative estimate of drug-likeness (QED) is 0.0125. The summed E-state index contributed by atoms with van der Waals surface area (Å²) in [7, 11) is 1.79. The topological polar surface area (TPSA) is 570 Å². The number of phenols is 2. The largest absolute Gasteiger partial charge is 0.508 e. The number of hydrogen-bond acceptors (Lipinski definition) is 21. The van der Waals surface area contributed by atoms with Gasteiger partial charge in [0, 0.05) is 97.5 Å². The molecule has 628 valence electrons. The highest BCUT2D eigenvalue weighted by molar-refractivity contribution is 8.76. The number of imidazole rings is 1. The smallest absolute Gasteiger partial charge is 0.244 e. The highest BCUT2D eigenvalue weighted by Gasteiger charge is 2.40. The van der Waals surface area contributed by atoms with E-state index in [9.17, 15) is 39.0 Å². The molecule has 3 saturated heterocycles. The Morgan fingerprint density at radius 3 is 1.90 bits per heavy atom. The van der Waals surface area contributed by atoms with Crippen LogP contribution in [0.15, 0.2) is 164 Å². The fourth-order valence-electron chi connectivity index (χ4n) is 13.6. The molecule has 3 aliphatic rings. The van der Waals surface area contributed by atoms with E-state index in [0.717, 1.165) is 38.7 Å². The van der Waals surface area contributed by atoms with Crippen LogP contribution in [0, 0.1) is 5.41 Å². The summed E-state index contributed by atoms with van der Waals surface area (Å²) in [5.74, 6) is -14.3. The number of H-pyrrole nitrogens is 2. The summed E-state index contributed by atoms with van der Waals surface area (Å²) in [4.78, 5) is 204. The summed E-state index contributed by atoms with van der Waals surface area (Å²) in [5.41, 5.74) is 27.5. The zero-order valence-corrected chi connectivity index (χ0v) is 67.2. The third-order valence-electron chi connectivity index (χ3n) is 19.9. The van der Waals surface area contributed by atoms with Crippen LogP contribution in [0.4, 0.5) is 0 Å². The van der Waals surface area contributed by atoms with Crippen molar-refractivity contribution in [2.24, 2.45) is 22.9 Å². The molecule has 11 rings (SSSR count). The van der Waals surface area contributed by atoms with Crippen LogP contribution in [0.3, 0.4) is 0 Å². The number of carbonyl (C=O) groups is 13. The predicted molar refractivity (Wildman–Crippen MR) is 449 cm³/mol. The van der Waals surface area contributed by atoms with Gasteiger partial charge in [-0.05, 0) is 95.1 Å². The molecule has 5 heterocycles. The number of benzene rings is 6. The van der Waals surface area contributed by atoms with Crippen LogP contribution in [0.25, 0.3) is 21.7 Å². The molecule has 0 aliphatic carbocycles. The summed E-state index contributed by atoms with van der Waals surface area (Å²) < 4.78 is 0. The standard InChI is InChI=1S/C81H96N20O15S3/c1-44-71(107)94-60(31-45-11-3-2-4-12-45)74(110)100-66(78(114)93-59(70(84)106)30-47-22-26-54(103)27-23-47)41-119-118-40-65(98-72(108)57(82)29-46-20-24-53(102)25-21-46)79(115)96-62(34-52-37-87-43-90-52)76(112)95-61(32-49-15-9-14-48-13-5-6-17-55(48)49)75(111)99-64-39-117-42-69(105)101(38-51(92-77(64)113)16-10-28-88-81(85)86)67(33-50-36-89-58-19-8-7-18-56(50)58)80(116)97-63(35-68(83)104)73(109)91-44/h2-9,11-15,17-27,36-37,43-44,51,57,59-67,89,102-103H,10,16,28-35,38-42,82H2,1H3,(H2,83,104)(H2,84,106)(H,87,90)(H,91,109)(H,92,113)(H,93,114)(H,94,107)(H,95,112)(H,96,115)(H,97,116)(H,98,108)(H,99,111)(H,100,110)(H4,85,86,88)/t44-,51-,57-,59-,60-,61+,62-,63-,64+,65-,66-,67-/m0/s1. The molecule has 3 fully saturated rings. The third-order valence-corrected chi connectivity index (χ3v) is 23.3. The van der Waals surface area contributed by atoms with Crippen molar-refractivity contribution in [3.05, 3.63) is 198 Å². The lowest BCUT2D eigenvalue weighted by Crippen LogP contribution is -2.62. The van der Waals surface area contributed by atoms with Crippen molar-refractivity contribution in [1.29, 1.82) is 5.41 Å². The van der Waals surface area contributed by atoms with E-state index < -0.39 is 174 Å². The summed E-state index contributed by atoms with van der Waals surface area (Å²) in [6.45, 7) is 0.932. The number of aromatic amines is 2. The normalized spacial score (nSPS) is 21.9. The van der Waals surface area contributed by atoms with E-state index in [2.05, 4.69) is 73.4 Å². The average Bonchev–Trinajstić information content (AvgIpc) is 1.78. The maximum Gasteiger partial charge on any atom is 0.244 e. The number of nitrogens with two attached hydrogens (primary N) is 4. The van der Waals surface area contributed by atoms with Crippen molar-refractivity contribution < 1.29 is 72.5 Å². The monoisotopic (exact) mass is 1680 g/mol. The first-order valence-corrected chi connectivity index (χ1v) is 41.9. The van der Waals surface area contributed by atoms with Crippen molar-refractivity contribution in [2.45, 2.75) is 137 Å². The molecule has 35 nitrogen and oxygen atoms in total. The van der Waals surface area contributed by atoms with Crippen molar-refractivity contribution in [1.82, 2.24) is 78.3 Å². The minimum Gasteiger partial charge on any atom is -0.508 e. The Morgan fingerprint density at radius 2 is 1.20 bits per heavy atom. The molecule has 0 unspecified atom stereocenters. The number of aromatic hydroxyl groups is 2. The zero-order chi connectivity index (χ0) is 85.2. The molecule has 0 radical (unpaired) electrons. The van der Waals surface area contributed by atoms with Gasteiger partial charge in [0.25, 0.3) is 0 Å². The average molecular weight is 1690 g/mol. The molecule has 3 aliphatic heterocycles. The molecule has 0 saturated carbocycles. The lowest BCUT2D eigenvalue weighted by molar-refractivity contribution is -0.141. The number of thioether (sulfide) groups is 1. The van der Waals surface area contributed by atoms with Gasteiger partial charge < -0.3 is 107 Å². The van der Waals surface area contributed by atoms with Gasteiger partial charge in [0.15, 0.2) is 5.96 Å². The maximum atomic E-state index is 15.5. The fourth-order valence-corrected chi connectivity index (χ4v) is 16.8. The number of para-hydroxylation sites is 1. The fraction of sp³-hybridized carbons (Fsp3) is 0.346. The second-order valence-corrected chi connectivity index (χ2v) is 32.4. The van der Waals surface area contributed by atoms with Crippen LogP contribution < -0.4 is 81.4 Å². The van der Waals surface area contributed by atoms with Crippen molar-refractivity contribution in [3.63, 3.8) is 0 Å². The van der Waals surface area contributed by atoms with E-state index in [1.807, 2.05) is 24.3 Å². The van der Waals surface area contributed by atoms with Gasteiger partial charge in [0.2, 0.25) is 76.8 Å². The highest BCUT2D eigenvalue weighted by atomic mass is 33.1. The van der Waals surface area contributed by atoms with Gasteiger partial charge in [0.1, 0.15) is 71.9 Å². The second kappa shape index (κ2) is 43.0. The van der Waals surface area contributed by atoms with Crippen molar-refractivity contribution >= 4 is 138 Å². The number of fused-ring (bicyclic) bond motifs is 33. The van der Waals surface area contributed by atoms with Crippen molar-refractivity contribution in [2.75, 3.05) is 36.1 Å². The van der Waals surface area contributed by atoms with Crippen LogP contribution in [-0.4, -0.2) is 221 Å². The number of aromatic nitrogens is 3. The minimum absolute atomic E-state index is 0.0414. The van der Waals surface area contributed by atoms with Crippen LogP contribution >= 0.6 is 33.3 Å². The molecule has 0 spiro atoms. The number of nitrogens with one attached hydrogen (secondary N) is 14. The first-order chi connectivity index (χ1) is 57.1. The summed E-state index contributed by atoms with van der Waals surface area (Å²) in [5, 5.41) is 60.1. The summed E-state index contributed by atoms with van der Waals surface area (Å²) in [6.07, 6.45) is 2.42. The SMILES string of the molecule is C[C@@H]1NC(=O)[C@H](CC(N)=O)NC(=O)[C@H](Cc2c[nH]c3ccccc23)N2C[C@H](CCCNC(=N)N)NC(=O)[C@@H](CSCC2=O)NC(=O)[C@@H](Cc2cccc3ccccc23)NC(=O)[C@H](Cc2cnc[nH]2)NC(=O)[C@@H](NC(=O)[C@@H](N)Cc2ccc(O)cc2)CSSC[C@@H](C(=O)N[C@@H](Cc2ccc(O)cc2)C(N)=O)NC(=O)[C@H](Cc2ccccc2)NC1=O. The highest BCUT2D eigenvalue weighted by Crippen LogP contribution is 2.27.